The number of benzene rings is 1. The Hall–Kier alpha value is -2.05. The van der Waals surface area contributed by atoms with E-state index in [0.29, 0.717) is 5.56 Å². The van der Waals surface area contributed by atoms with Crippen LogP contribution in [0.25, 0.3) is 0 Å². The van der Waals surface area contributed by atoms with Crippen LogP contribution < -0.4 is 5.32 Å². The van der Waals surface area contributed by atoms with Gasteiger partial charge in [0.2, 0.25) is 5.91 Å². The number of halogens is 3. The number of carbonyl (C=O) groups excluding carboxylic acids is 2. The molecule has 0 saturated carbocycles. The Labute approximate surface area is 113 Å². The van der Waals surface area contributed by atoms with Crippen molar-refractivity contribution in [2.75, 3.05) is 6.61 Å². The zero-order valence-electron chi connectivity index (χ0n) is 10.7. The van der Waals surface area contributed by atoms with Crippen molar-refractivity contribution in [3.63, 3.8) is 0 Å². The molecule has 1 rings (SSSR count). The second-order valence-corrected chi connectivity index (χ2v) is 4.17. The molecule has 1 aromatic rings. The molecule has 1 aromatic carbocycles. The lowest BCUT2D eigenvalue weighted by molar-refractivity contribution is -0.187. The second kappa shape index (κ2) is 6.93. The number of nitrogens with one attached hydrogen (secondary N) is 1. The van der Waals surface area contributed by atoms with Crippen LogP contribution in [0.3, 0.4) is 0 Å². The van der Waals surface area contributed by atoms with Gasteiger partial charge in [0.25, 0.3) is 0 Å². The molecule has 0 bridgehead atoms. The van der Waals surface area contributed by atoms with E-state index in [9.17, 15) is 22.8 Å². The standard InChI is InChI=1S/C13H14F3NO3/c1-9(18)17-11(7-10-5-3-2-4-6-10)12(19)20-8-13(14,15)16/h2-6,11H,7-8H2,1H3,(H,17,18)/t11-/m1/s1. The van der Waals surface area contributed by atoms with Gasteiger partial charge >= 0.3 is 12.1 Å². The van der Waals surface area contributed by atoms with Crippen molar-refractivity contribution in [3.8, 4) is 0 Å². The average Bonchev–Trinajstić information content (AvgIpc) is 2.35. The van der Waals surface area contributed by atoms with Crippen molar-refractivity contribution in [2.24, 2.45) is 0 Å². The lowest BCUT2D eigenvalue weighted by Gasteiger charge is -2.17. The second-order valence-electron chi connectivity index (χ2n) is 4.17. The van der Waals surface area contributed by atoms with E-state index < -0.39 is 30.7 Å². The highest BCUT2D eigenvalue weighted by molar-refractivity contribution is 5.83. The molecule has 20 heavy (non-hydrogen) atoms. The third kappa shape index (κ3) is 6.21. The normalized spacial score (nSPS) is 12.6. The Bertz CT molecular complexity index is 460. The maximum atomic E-state index is 12.0. The van der Waals surface area contributed by atoms with Crippen LogP contribution in [0.5, 0.6) is 0 Å². The van der Waals surface area contributed by atoms with Gasteiger partial charge in [-0.2, -0.15) is 13.2 Å². The molecule has 0 unspecified atom stereocenters. The molecule has 1 N–H and O–H groups in total. The van der Waals surface area contributed by atoms with Crippen molar-refractivity contribution in [1.82, 2.24) is 5.32 Å². The van der Waals surface area contributed by atoms with Gasteiger partial charge in [0, 0.05) is 13.3 Å². The number of ether oxygens (including phenoxy) is 1. The SMILES string of the molecule is CC(=O)N[C@H](Cc1ccccc1)C(=O)OCC(F)(F)F. The van der Waals surface area contributed by atoms with Gasteiger partial charge in [-0.3, -0.25) is 4.79 Å². The number of amides is 1. The van der Waals surface area contributed by atoms with Crippen molar-refractivity contribution < 1.29 is 27.5 Å². The monoisotopic (exact) mass is 289 g/mol. The van der Waals surface area contributed by atoms with E-state index in [-0.39, 0.29) is 6.42 Å². The molecule has 4 nitrogen and oxygen atoms in total. The lowest BCUT2D eigenvalue weighted by atomic mass is 10.1. The first kappa shape index (κ1) is 16.0. The Morgan fingerprint density at radius 3 is 2.35 bits per heavy atom. The summed E-state index contributed by atoms with van der Waals surface area (Å²) < 4.78 is 40.2. The first-order valence-corrected chi connectivity index (χ1v) is 5.82. The highest BCUT2D eigenvalue weighted by Crippen LogP contribution is 2.15. The molecule has 7 heteroatoms. The van der Waals surface area contributed by atoms with Crippen LogP contribution in [0.2, 0.25) is 0 Å². The number of carbonyl (C=O) groups is 2. The van der Waals surface area contributed by atoms with Crippen molar-refractivity contribution in [3.05, 3.63) is 35.9 Å². The number of hydrogen-bond donors (Lipinski definition) is 1. The molecule has 0 aliphatic carbocycles. The number of rotatable bonds is 5. The summed E-state index contributed by atoms with van der Waals surface area (Å²) in [4.78, 5) is 22.6. The fourth-order valence-corrected chi connectivity index (χ4v) is 1.54. The predicted molar refractivity (Wildman–Crippen MR) is 64.8 cm³/mol. The van der Waals surface area contributed by atoms with E-state index in [2.05, 4.69) is 10.1 Å². The molecule has 0 aliphatic rings. The van der Waals surface area contributed by atoms with Gasteiger partial charge in [0.15, 0.2) is 6.61 Å². The van der Waals surface area contributed by atoms with Crippen LogP contribution in [-0.2, 0) is 20.7 Å². The third-order valence-corrected chi connectivity index (χ3v) is 2.32. The molecule has 0 fully saturated rings. The Kier molecular flexibility index (Phi) is 5.54. The van der Waals surface area contributed by atoms with Crippen molar-refractivity contribution in [2.45, 2.75) is 25.6 Å². The van der Waals surface area contributed by atoms with E-state index in [1.54, 1.807) is 30.3 Å². The summed E-state index contributed by atoms with van der Waals surface area (Å²) in [7, 11) is 0. The Morgan fingerprint density at radius 1 is 1.25 bits per heavy atom. The molecule has 0 saturated heterocycles. The fraction of sp³-hybridized carbons (Fsp3) is 0.385. The van der Waals surface area contributed by atoms with Gasteiger partial charge in [0.1, 0.15) is 6.04 Å². The first-order valence-electron chi connectivity index (χ1n) is 5.82. The number of esters is 1. The maximum absolute atomic E-state index is 12.0. The van der Waals surface area contributed by atoms with Crippen LogP contribution in [0.4, 0.5) is 13.2 Å². The molecular formula is C13H14F3NO3. The summed E-state index contributed by atoms with van der Waals surface area (Å²) in [6.45, 7) is -0.494. The lowest BCUT2D eigenvalue weighted by Crippen LogP contribution is -2.43. The Balaban J connectivity index is 2.68. The van der Waals surface area contributed by atoms with Gasteiger partial charge in [-0.25, -0.2) is 4.79 Å². The van der Waals surface area contributed by atoms with E-state index >= 15 is 0 Å². The van der Waals surface area contributed by atoms with E-state index in [0.717, 1.165) is 0 Å². The molecule has 0 spiro atoms. The minimum atomic E-state index is -4.59. The summed E-state index contributed by atoms with van der Waals surface area (Å²) in [6, 6.07) is 7.47. The third-order valence-electron chi connectivity index (χ3n) is 2.32. The van der Waals surface area contributed by atoms with Crippen LogP contribution in [0, 0.1) is 0 Å². The summed E-state index contributed by atoms with van der Waals surface area (Å²) in [5.74, 6) is -1.63. The summed E-state index contributed by atoms with van der Waals surface area (Å²) in [6.07, 6.45) is -4.53. The largest absolute Gasteiger partial charge is 0.454 e. The predicted octanol–water partition coefficient (Wildman–Crippen LogP) is 1.84. The molecule has 0 radical (unpaired) electrons. The number of alkyl halides is 3. The smallest absolute Gasteiger partial charge is 0.422 e. The number of hydrogen-bond acceptors (Lipinski definition) is 3. The first-order chi connectivity index (χ1) is 9.28. The zero-order valence-corrected chi connectivity index (χ0v) is 10.7. The van der Waals surface area contributed by atoms with Crippen LogP contribution in [0.1, 0.15) is 12.5 Å². The average molecular weight is 289 g/mol. The van der Waals surface area contributed by atoms with E-state index in [1.165, 1.54) is 6.92 Å². The molecule has 1 atom stereocenters. The molecule has 0 aromatic heterocycles. The van der Waals surface area contributed by atoms with E-state index in [1.807, 2.05) is 0 Å². The van der Waals surface area contributed by atoms with E-state index in [4.69, 9.17) is 0 Å². The van der Waals surface area contributed by atoms with Crippen molar-refractivity contribution >= 4 is 11.9 Å². The van der Waals surface area contributed by atoms with Gasteiger partial charge in [-0.1, -0.05) is 30.3 Å². The topological polar surface area (TPSA) is 55.4 Å². The minimum Gasteiger partial charge on any atom is -0.454 e. The quantitative estimate of drug-likeness (QED) is 0.842. The molecule has 110 valence electrons. The van der Waals surface area contributed by atoms with Gasteiger partial charge in [-0.05, 0) is 5.56 Å². The van der Waals surface area contributed by atoms with Crippen LogP contribution >= 0.6 is 0 Å². The molecule has 0 heterocycles. The minimum absolute atomic E-state index is 0.0666. The van der Waals surface area contributed by atoms with Crippen LogP contribution in [-0.4, -0.2) is 30.7 Å². The highest BCUT2D eigenvalue weighted by atomic mass is 19.4. The van der Waals surface area contributed by atoms with Gasteiger partial charge < -0.3 is 10.1 Å². The van der Waals surface area contributed by atoms with Crippen molar-refractivity contribution in [1.29, 1.82) is 0 Å². The summed E-state index contributed by atoms with van der Waals surface area (Å²) in [5.41, 5.74) is 0.704. The summed E-state index contributed by atoms with van der Waals surface area (Å²) >= 11 is 0. The molecular weight excluding hydrogens is 275 g/mol. The van der Waals surface area contributed by atoms with Gasteiger partial charge in [0.05, 0.1) is 0 Å². The highest BCUT2D eigenvalue weighted by Gasteiger charge is 2.31. The fourth-order valence-electron chi connectivity index (χ4n) is 1.54. The maximum Gasteiger partial charge on any atom is 0.422 e. The molecule has 1 amide bonds. The van der Waals surface area contributed by atoms with Gasteiger partial charge in [-0.15, -0.1) is 0 Å². The molecule has 0 aliphatic heterocycles. The summed E-state index contributed by atoms with van der Waals surface area (Å²) in [5, 5.41) is 2.28. The van der Waals surface area contributed by atoms with Crippen LogP contribution in [0.15, 0.2) is 30.3 Å². The Morgan fingerprint density at radius 2 is 1.85 bits per heavy atom. The zero-order chi connectivity index (χ0) is 15.2.